The van der Waals surface area contributed by atoms with Gasteiger partial charge in [0.1, 0.15) is 18.3 Å². The number of nitrogens with one attached hydrogen (secondary N) is 2. The van der Waals surface area contributed by atoms with Crippen molar-refractivity contribution < 1.29 is 24.2 Å². The maximum absolute atomic E-state index is 13.2. The molecule has 1 heterocycles. The topological polar surface area (TPSA) is 108 Å². The van der Waals surface area contributed by atoms with Gasteiger partial charge in [-0.1, -0.05) is 88.1 Å². The first-order valence-corrected chi connectivity index (χ1v) is 18.1. The van der Waals surface area contributed by atoms with E-state index in [4.69, 9.17) is 9.84 Å². The monoisotopic (exact) mass is 663 g/mol. The van der Waals surface area contributed by atoms with Gasteiger partial charge >= 0.3 is 5.97 Å². The van der Waals surface area contributed by atoms with Gasteiger partial charge in [-0.25, -0.2) is 0 Å². The minimum atomic E-state index is -1.17. The van der Waals surface area contributed by atoms with Crippen LogP contribution in [0.3, 0.4) is 0 Å². The summed E-state index contributed by atoms with van der Waals surface area (Å²) in [5, 5.41) is 14.1. The quantitative estimate of drug-likeness (QED) is 0.136. The number of carboxylic acids is 1. The van der Waals surface area contributed by atoms with Gasteiger partial charge in [0.05, 0.1) is 10.6 Å². The van der Waals surface area contributed by atoms with Gasteiger partial charge in [-0.05, 0) is 54.3 Å². The highest BCUT2D eigenvalue weighted by Gasteiger charge is 2.36. The second-order valence-electron chi connectivity index (χ2n) is 11.7. The number of anilines is 2. The van der Waals surface area contributed by atoms with Crippen molar-refractivity contribution in [2.75, 3.05) is 36.6 Å². The van der Waals surface area contributed by atoms with Gasteiger partial charge in [-0.2, -0.15) is 0 Å². The second kappa shape index (κ2) is 17.3. The number of fused-ring (bicyclic) bond motifs is 1. The molecule has 0 saturated carbocycles. The smallest absolute Gasteiger partial charge is 0.322 e. The average Bonchev–Trinajstić information content (AvgIpc) is 3.24. The standard InChI is InChI=1S/C36H45N3O5S2/c1-4-6-18-36(19-7-5-2)24-39(27-16-12-9-13-17-27)28-20-31(45-3)29(21-30(28)46-25-36)44-23-32(40)38-34(26-14-10-8-11-15-26)35(43)37-22-33(41)42/h8-17,20-21,34H,4-7,18-19,22-25H2,1-3H3,(H,37,43)(H,38,40)(H,41,42)/t34-/m1/s1. The van der Waals surface area contributed by atoms with Crippen LogP contribution in [0.1, 0.15) is 64.0 Å². The van der Waals surface area contributed by atoms with E-state index in [9.17, 15) is 14.4 Å². The molecule has 0 aromatic heterocycles. The number of carbonyl (C=O) groups is 3. The minimum Gasteiger partial charge on any atom is -0.483 e. The van der Waals surface area contributed by atoms with Crippen LogP contribution in [-0.4, -0.2) is 54.6 Å². The Hall–Kier alpha value is -3.63. The SMILES string of the molecule is CCCCC1(CCCC)CSc2cc(OCC(=O)N[C@@H](C(=O)NCC(=O)O)c3ccccc3)c(SC)cc2N(c2ccccc2)C1. The lowest BCUT2D eigenvalue weighted by molar-refractivity contribution is -0.138. The Bertz CT molecular complexity index is 1450. The Morgan fingerprint density at radius 3 is 2.26 bits per heavy atom. The third-order valence-electron chi connectivity index (χ3n) is 8.23. The fraction of sp³-hybridized carbons (Fsp3) is 0.417. The van der Waals surface area contributed by atoms with Crippen LogP contribution in [0.5, 0.6) is 5.75 Å². The molecule has 8 nitrogen and oxygen atoms in total. The van der Waals surface area contributed by atoms with Crippen LogP contribution in [0, 0.1) is 5.41 Å². The predicted octanol–water partition coefficient (Wildman–Crippen LogP) is 7.46. The van der Waals surface area contributed by atoms with Crippen molar-refractivity contribution in [1.29, 1.82) is 0 Å². The minimum absolute atomic E-state index is 0.166. The van der Waals surface area contributed by atoms with Crippen LogP contribution >= 0.6 is 23.5 Å². The molecule has 3 N–H and O–H groups in total. The van der Waals surface area contributed by atoms with E-state index in [1.807, 2.05) is 24.1 Å². The molecule has 4 rings (SSSR count). The highest BCUT2D eigenvalue weighted by Crippen LogP contribution is 2.50. The van der Waals surface area contributed by atoms with Crippen molar-refractivity contribution >= 4 is 52.7 Å². The fourth-order valence-corrected chi connectivity index (χ4v) is 7.65. The van der Waals surface area contributed by atoms with E-state index in [0.717, 1.165) is 33.5 Å². The van der Waals surface area contributed by atoms with E-state index in [1.165, 1.54) is 38.5 Å². The van der Waals surface area contributed by atoms with Crippen LogP contribution < -0.4 is 20.3 Å². The zero-order chi connectivity index (χ0) is 32.9. The lowest BCUT2D eigenvalue weighted by Gasteiger charge is -2.37. The first-order chi connectivity index (χ1) is 22.3. The summed E-state index contributed by atoms with van der Waals surface area (Å²) >= 11 is 3.43. The lowest BCUT2D eigenvalue weighted by Crippen LogP contribution is -2.43. The van der Waals surface area contributed by atoms with Gasteiger partial charge in [0, 0.05) is 22.9 Å². The zero-order valence-electron chi connectivity index (χ0n) is 26.9. The second-order valence-corrected chi connectivity index (χ2v) is 13.6. The van der Waals surface area contributed by atoms with E-state index < -0.39 is 30.4 Å². The number of benzene rings is 3. The average molecular weight is 664 g/mol. The van der Waals surface area contributed by atoms with Crippen molar-refractivity contribution in [3.05, 3.63) is 78.4 Å². The summed E-state index contributed by atoms with van der Waals surface area (Å²) in [6.07, 6.45) is 9.07. The molecule has 0 bridgehead atoms. The lowest BCUT2D eigenvalue weighted by atomic mass is 9.79. The Morgan fingerprint density at radius 2 is 1.65 bits per heavy atom. The molecule has 246 valence electrons. The van der Waals surface area contributed by atoms with E-state index in [-0.39, 0.29) is 12.0 Å². The highest BCUT2D eigenvalue weighted by molar-refractivity contribution is 7.99. The molecule has 0 spiro atoms. The van der Waals surface area contributed by atoms with E-state index in [1.54, 1.807) is 42.1 Å². The molecule has 0 aliphatic carbocycles. The van der Waals surface area contributed by atoms with E-state index >= 15 is 0 Å². The molecule has 2 amide bonds. The first-order valence-electron chi connectivity index (χ1n) is 15.9. The summed E-state index contributed by atoms with van der Waals surface area (Å²) in [5.41, 5.74) is 3.02. The summed E-state index contributed by atoms with van der Waals surface area (Å²) in [6.45, 7) is 4.62. The van der Waals surface area contributed by atoms with Gasteiger partial charge in [0.25, 0.3) is 5.91 Å². The van der Waals surface area contributed by atoms with Crippen LogP contribution in [0.15, 0.2) is 82.6 Å². The highest BCUT2D eigenvalue weighted by atomic mass is 32.2. The normalized spacial score (nSPS) is 14.5. The molecule has 0 unspecified atom stereocenters. The molecular weight excluding hydrogens is 619 g/mol. The molecule has 1 aliphatic rings. The number of rotatable bonds is 16. The number of carbonyl (C=O) groups excluding carboxylic acids is 2. The molecule has 46 heavy (non-hydrogen) atoms. The summed E-state index contributed by atoms with van der Waals surface area (Å²) in [4.78, 5) is 41.5. The molecular formula is C36H45N3O5S2. The third kappa shape index (κ3) is 9.45. The Labute approximate surface area is 281 Å². The molecule has 1 aliphatic heterocycles. The van der Waals surface area contributed by atoms with E-state index in [0.29, 0.717) is 11.3 Å². The zero-order valence-corrected chi connectivity index (χ0v) is 28.6. The van der Waals surface area contributed by atoms with Crippen molar-refractivity contribution in [1.82, 2.24) is 10.6 Å². The van der Waals surface area contributed by atoms with Gasteiger partial charge in [-0.15, -0.1) is 23.5 Å². The van der Waals surface area contributed by atoms with Gasteiger partial charge in [-0.3, -0.25) is 14.4 Å². The van der Waals surface area contributed by atoms with Crippen molar-refractivity contribution in [3.8, 4) is 5.75 Å². The number of thioether (sulfide) groups is 2. The Balaban J connectivity index is 1.59. The number of hydrogen-bond donors (Lipinski definition) is 3. The van der Waals surface area contributed by atoms with Crippen molar-refractivity contribution in [3.63, 3.8) is 0 Å². The molecule has 10 heteroatoms. The van der Waals surface area contributed by atoms with Crippen LogP contribution in [0.2, 0.25) is 0 Å². The van der Waals surface area contributed by atoms with Gasteiger partial charge in [0.2, 0.25) is 5.91 Å². The van der Waals surface area contributed by atoms with E-state index in [2.05, 4.69) is 65.8 Å². The van der Waals surface area contributed by atoms with Crippen LogP contribution in [0.25, 0.3) is 0 Å². The number of unbranched alkanes of at least 4 members (excludes halogenated alkanes) is 2. The molecule has 3 aromatic carbocycles. The molecule has 3 aromatic rings. The molecule has 0 fully saturated rings. The summed E-state index contributed by atoms with van der Waals surface area (Å²) in [7, 11) is 0. The Morgan fingerprint density at radius 1 is 1.00 bits per heavy atom. The maximum atomic E-state index is 13.2. The van der Waals surface area contributed by atoms with Crippen LogP contribution in [-0.2, 0) is 14.4 Å². The summed E-state index contributed by atoms with van der Waals surface area (Å²) in [5.74, 6) is -0.643. The first kappa shape index (κ1) is 35.2. The fourth-order valence-electron chi connectivity index (χ4n) is 5.75. The summed E-state index contributed by atoms with van der Waals surface area (Å²) < 4.78 is 6.14. The number of carboxylic acid groups (broad SMARTS) is 1. The molecule has 0 radical (unpaired) electrons. The number of amides is 2. The van der Waals surface area contributed by atoms with Gasteiger partial charge in [0.15, 0.2) is 6.61 Å². The molecule has 1 atom stereocenters. The number of nitrogens with zero attached hydrogens (tertiary/aromatic N) is 1. The number of hydrogen-bond acceptors (Lipinski definition) is 7. The molecule has 0 saturated heterocycles. The van der Waals surface area contributed by atoms with Gasteiger partial charge < -0.3 is 25.4 Å². The summed E-state index contributed by atoms with van der Waals surface area (Å²) in [6, 6.07) is 22.5. The number of ether oxygens (including phenoxy) is 1. The maximum Gasteiger partial charge on any atom is 0.322 e. The number of para-hydroxylation sites is 1. The van der Waals surface area contributed by atoms with Crippen molar-refractivity contribution in [2.24, 2.45) is 5.41 Å². The third-order valence-corrected chi connectivity index (χ3v) is 10.4. The number of aliphatic carboxylic acids is 1. The predicted molar refractivity (Wildman–Crippen MR) is 187 cm³/mol. The Kier molecular flexibility index (Phi) is 13.3. The largest absolute Gasteiger partial charge is 0.483 e. The van der Waals surface area contributed by atoms with Crippen LogP contribution in [0.4, 0.5) is 11.4 Å². The van der Waals surface area contributed by atoms with Crippen molar-refractivity contribution in [2.45, 2.75) is 68.2 Å².